The Bertz CT molecular complexity index is 392. The predicted molar refractivity (Wildman–Crippen MR) is 60.6 cm³/mol. The highest BCUT2D eigenvalue weighted by Crippen LogP contribution is 2.23. The number of halogens is 1. The summed E-state index contributed by atoms with van der Waals surface area (Å²) in [4.78, 5) is 0. The summed E-state index contributed by atoms with van der Waals surface area (Å²) in [7, 11) is 1.54. The molecule has 0 atom stereocenters. The third kappa shape index (κ3) is 3.14. The standard InChI is InChI=1S/C9H11ClN4O/c1-15-8-4-2-3-7(10)6(8)5-13-14-9(11)12/h2-5H,1H3,(H4,11,12,14)/b13-5+. The van der Waals surface area contributed by atoms with E-state index in [2.05, 4.69) is 10.5 Å². The maximum Gasteiger partial charge on any atom is 0.206 e. The lowest BCUT2D eigenvalue weighted by Gasteiger charge is -2.05. The molecule has 0 saturated heterocycles. The molecule has 0 aliphatic heterocycles. The van der Waals surface area contributed by atoms with E-state index < -0.39 is 0 Å². The van der Waals surface area contributed by atoms with Crippen molar-refractivity contribution >= 4 is 23.8 Å². The first-order valence-electron chi connectivity index (χ1n) is 4.10. The highest BCUT2D eigenvalue weighted by molar-refractivity contribution is 6.33. The maximum absolute atomic E-state index is 6.90. The Balaban J connectivity index is 2.92. The Morgan fingerprint density at radius 1 is 1.67 bits per heavy atom. The lowest BCUT2D eigenvalue weighted by atomic mass is 10.2. The van der Waals surface area contributed by atoms with Gasteiger partial charge in [-0.2, -0.15) is 5.10 Å². The number of nitrogens with zero attached hydrogens (tertiary/aromatic N) is 1. The van der Waals surface area contributed by atoms with Crippen molar-refractivity contribution in [1.29, 1.82) is 5.41 Å². The van der Waals surface area contributed by atoms with Crippen LogP contribution in [0.2, 0.25) is 5.02 Å². The van der Waals surface area contributed by atoms with Crippen LogP contribution in [0.4, 0.5) is 0 Å². The zero-order valence-corrected chi connectivity index (χ0v) is 8.88. The van der Waals surface area contributed by atoms with Crippen LogP contribution in [-0.2, 0) is 0 Å². The average molecular weight is 227 g/mol. The van der Waals surface area contributed by atoms with Crippen LogP contribution in [0.3, 0.4) is 0 Å². The zero-order chi connectivity index (χ0) is 11.3. The minimum absolute atomic E-state index is 0.239. The van der Waals surface area contributed by atoms with E-state index in [4.69, 9.17) is 27.5 Å². The van der Waals surface area contributed by atoms with E-state index in [9.17, 15) is 0 Å². The van der Waals surface area contributed by atoms with Gasteiger partial charge < -0.3 is 10.5 Å². The van der Waals surface area contributed by atoms with Crippen molar-refractivity contribution in [3.8, 4) is 5.75 Å². The van der Waals surface area contributed by atoms with Crippen molar-refractivity contribution in [2.45, 2.75) is 0 Å². The van der Waals surface area contributed by atoms with Crippen LogP contribution in [0.15, 0.2) is 23.3 Å². The van der Waals surface area contributed by atoms with Crippen LogP contribution < -0.4 is 15.9 Å². The molecule has 0 radical (unpaired) electrons. The van der Waals surface area contributed by atoms with Crippen molar-refractivity contribution in [2.75, 3.05) is 7.11 Å². The molecular formula is C9H11ClN4O. The van der Waals surface area contributed by atoms with Crippen LogP contribution in [0, 0.1) is 5.41 Å². The summed E-state index contributed by atoms with van der Waals surface area (Å²) < 4.78 is 5.10. The molecule has 0 bridgehead atoms. The molecule has 15 heavy (non-hydrogen) atoms. The van der Waals surface area contributed by atoms with Gasteiger partial charge in [-0.3, -0.25) is 5.41 Å². The number of hydrazone groups is 1. The van der Waals surface area contributed by atoms with Gasteiger partial charge in [0.2, 0.25) is 5.96 Å². The molecule has 0 heterocycles. The van der Waals surface area contributed by atoms with Gasteiger partial charge in [-0.15, -0.1) is 0 Å². The Kier molecular flexibility index (Phi) is 3.93. The van der Waals surface area contributed by atoms with Gasteiger partial charge >= 0.3 is 0 Å². The van der Waals surface area contributed by atoms with Crippen molar-refractivity contribution in [1.82, 2.24) is 5.43 Å². The third-order valence-corrected chi connectivity index (χ3v) is 1.94. The van der Waals surface area contributed by atoms with Gasteiger partial charge in [-0.05, 0) is 12.1 Å². The Morgan fingerprint density at radius 2 is 2.40 bits per heavy atom. The highest BCUT2D eigenvalue weighted by atomic mass is 35.5. The monoisotopic (exact) mass is 226 g/mol. The predicted octanol–water partition coefficient (Wildman–Crippen LogP) is 1.17. The van der Waals surface area contributed by atoms with Crippen LogP contribution in [0.1, 0.15) is 5.56 Å². The van der Waals surface area contributed by atoms with Gasteiger partial charge in [-0.25, -0.2) is 5.43 Å². The Hall–Kier alpha value is -1.75. The molecule has 1 aromatic carbocycles. The van der Waals surface area contributed by atoms with Crippen LogP contribution in [-0.4, -0.2) is 19.3 Å². The van der Waals surface area contributed by atoms with Crippen LogP contribution in [0.25, 0.3) is 0 Å². The number of guanidine groups is 1. The van der Waals surface area contributed by atoms with Crippen molar-refractivity contribution < 1.29 is 4.74 Å². The lowest BCUT2D eigenvalue weighted by molar-refractivity contribution is 0.414. The smallest absolute Gasteiger partial charge is 0.206 e. The number of benzene rings is 1. The molecule has 80 valence electrons. The van der Waals surface area contributed by atoms with Crippen molar-refractivity contribution in [2.24, 2.45) is 10.8 Å². The molecule has 6 heteroatoms. The van der Waals surface area contributed by atoms with Crippen LogP contribution >= 0.6 is 11.6 Å². The number of rotatable bonds is 3. The molecule has 0 fully saturated rings. The van der Waals surface area contributed by atoms with E-state index >= 15 is 0 Å². The second-order valence-electron chi connectivity index (χ2n) is 2.64. The fraction of sp³-hybridized carbons (Fsp3) is 0.111. The molecule has 4 N–H and O–H groups in total. The Morgan fingerprint density at radius 3 is 3.00 bits per heavy atom. The molecule has 0 unspecified atom stereocenters. The molecule has 0 aliphatic carbocycles. The molecule has 0 spiro atoms. The minimum Gasteiger partial charge on any atom is -0.496 e. The molecular weight excluding hydrogens is 216 g/mol. The van der Waals surface area contributed by atoms with E-state index in [0.29, 0.717) is 16.3 Å². The van der Waals surface area contributed by atoms with Gasteiger partial charge in [0.15, 0.2) is 0 Å². The first kappa shape index (κ1) is 11.3. The largest absolute Gasteiger partial charge is 0.496 e. The molecule has 0 aromatic heterocycles. The van der Waals surface area contributed by atoms with E-state index in [0.717, 1.165) is 0 Å². The summed E-state index contributed by atoms with van der Waals surface area (Å²) in [5.41, 5.74) is 7.98. The molecule has 5 nitrogen and oxygen atoms in total. The van der Waals surface area contributed by atoms with Gasteiger partial charge in [0.25, 0.3) is 0 Å². The van der Waals surface area contributed by atoms with E-state index in [1.807, 2.05) is 0 Å². The third-order valence-electron chi connectivity index (χ3n) is 1.61. The van der Waals surface area contributed by atoms with Crippen molar-refractivity contribution in [3.05, 3.63) is 28.8 Å². The number of hydrogen-bond acceptors (Lipinski definition) is 3. The first-order chi connectivity index (χ1) is 7.15. The van der Waals surface area contributed by atoms with Gasteiger partial charge in [0.05, 0.1) is 23.9 Å². The summed E-state index contributed by atoms with van der Waals surface area (Å²) in [5, 5.41) is 11.1. The van der Waals surface area contributed by atoms with E-state index in [1.54, 1.807) is 25.3 Å². The summed E-state index contributed by atoms with van der Waals surface area (Å²) in [5.74, 6) is 0.369. The average Bonchev–Trinajstić information content (AvgIpc) is 2.20. The zero-order valence-electron chi connectivity index (χ0n) is 8.12. The van der Waals surface area contributed by atoms with Gasteiger partial charge in [-0.1, -0.05) is 17.7 Å². The Labute approximate surface area is 92.4 Å². The number of ether oxygens (including phenoxy) is 1. The fourth-order valence-corrected chi connectivity index (χ4v) is 1.20. The van der Waals surface area contributed by atoms with Gasteiger partial charge in [0.1, 0.15) is 5.75 Å². The second-order valence-corrected chi connectivity index (χ2v) is 3.05. The second kappa shape index (κ2) is 5.21. The van der Waals surface area contributed by atoms with E-state index in [1.165, 1.54) is 6.21 Å². The molecule has 0 saturated carbocycles. The first-order valence-corrected chi connectivity index (χ1v) is 4.48. The topological polar surface area (TPSA) is 83.5 Å². The number of nitrogens with one attached hydrogen (secondary N) is 2. The minimum atomic E-state index is -0.239. The molecule has 0 amide bonds. The van der Waals surface area contributed by atoms with E-state index in [-0.39, 0.29) is 5.96 Å². The van der Waals surface area contributed by atoms with Crippen molar-refractivity contribution in [3.63, 3.8) is 0 Å². The highest BCUT2D eigenvalue weighted by Gasteiger charge is 2.04. The summed E-state index contributed by atoms with van der Waals surface area (Å²) in [6.07, 6.45) is 1.45. The molecule has 1 aromatic rings. The quantitative estimate of drug-likeness (QED) is 0.411. The number of methoxy groups -OCH3 is 1. The maximum atomic E-state index is 6.90. The number of nitrogens with two attached hydrogens (primary N) is 1. The summed E-state index contributed by atoms with van der Waals surface area (Å²) in [6.45, 7) is 0. The molecule has 0 aliphatic rings. The summed E-state index contributed by atoms with van der Waals surface area (Å²) >= 11 is 5.94. The van der Waals surface area contributed by atoms with Crippen LogP contribution in [0.5, 0.6) is 5.75 Å². The fourth-order valence-electron chi connectivity index (χ4n) is 0.987. The SMILES string of the molecule is COc1cccc(Cl)c1/C=N/NC(=N)N. The lowest BCUT2D eigenvalue weighted by Crippen LogP contribution is -2.25. The van der Waals surface area contributed by atoms with Gasteiger partial charge in [0, 0.05) is 0 Å². The number of hydrogen-bond donors (Lipinski definition) is 3. The summed E-state index contributed by atoms with van der Waals surface area (Å²) in [6, 6.07) is 5.26. The molecule has 1 rings (SSSR count). The normalized spacial score (nSPS) is 10.3.